The van der Waals surface area contributed by atoms with Gasteiger partial charge in [-0.1, -0.05) is 141 Å². The van der Waals surface area contributed by atoms with Gasteiger partial charge in [-0.15, -0.1) is 0 Å². The van der Waals surface area contributed by atoms with E-state index in [2.05, 4.69) is 283 Å². The van der Waals surface area contributed by atoms with Crippen LogP contribution in [0.25, 0.3) is 132 Å². The van der Waals surface area contributed by atoms with E-state index in [4.69, 9.17) is 13.3 Å². The predicted molar refractivity (Wildman–Crippen MR) is 400 cm³/mol. The summed E-state index contributed by atoms with van der Waals surface area (Å²) in [5, 5.41) is 15.2. The number of fused-ring (bicyclic) bond motifs is 12. The molecule has 15 rings (SSSR count). The zero-order valence-electron chi connectivity index (χ0n) is 58.0. The molecule has 0 aliphatic carbocycles. The molecule has 0 aliphatic rings. The van der Waals surface area contributed by atoms with E-state index in [-0.39, 0.29) is 5.82 Å². The molecule has 6 nitrogen and oxygen atoms in total. The molecule has 0 saturated carbocycles. The van der Waals surface area contributed by atoms with Crippen LogP contribution < -0.4 is 29.3 Å². The lowest BCUT2D eigenvalue weighted by Crippen LogP contribution is -2.39. The van der Waals surface area contributed by atoms with E-state index in [0.29, 0.717) is 5.58 Å². The Morgan fingerprint density at radius 3 is 1.04 bits per heavy atom. The number of nitrogens with zero attached hydrogens (tertiary/aromatic N) is 3. The number of halogens is 1. The largest absolute Gasteiger partial charge is 0.455 e. The molecule has 6 aromatic heterocycles. The van der Waals surface area contributed by atoms with Crippen molar-refractivity contribution in [3.05, 3.63) is 214 Å². The molecule has 468 valence electrons. The van der Waals surface area contributed by atoms with E-state index in [1.54, 1.807) is 0 Å². The summed E-state index contributed by atoms with van der Waals surface area (Å²) in [4.78, 5) is 0. The van der Waals surface area contributed by atoms with Crippen LogP contribution in [-0.2, 0) is 21.1 Å². The SMILES string of the molecule is Cc1cc2c(oc3cc(F)ccc32)c(-c2cc(C)c3cc([Si](C)(C)C)ccc3[n+]2C)c1C.Cc1cc2c(oc3ccccc32)c(-c2cc(C)c3cc([Si](C)(C)C)ccc3[n+]2C)c1C.Cc1ccc2c(oc3ccccc32)c1-c1cc(C)c2cc([Si](C)(C)C)ccc2[n+]1C. The molecule has 6 heterocycles. The van der Waals surface area contributed by atoms with Crippen LogP contribution in [-0.4, -0.2) is 24.2 Å². The van der Waals surface area contributed by atoms with Gasteiger partial charge in [-0.25, -0.2) is 4.39 Å². The molecular formula is C83H87FN3O3Si3+3. The highest BCUT2D eigenvalue weighted by molar-refractivity contribution is 6.89. The van der Waals surface area contributed by atoms with Crippen LogP contribution in [0, 0.1) is 61.2 Å². The first-order chi connectivity index (χ1) is 44.0. The van der Waals surface area contributed by atoms with E-state index >= 15 is 0 Å². The van der Waals surface area contributed by atoms with Crippen molar-refractivity contribution in [2.45, 2.75) is 114 Å². The molecule has 0 unspecified atom stereocenters. The van der Waals surface area contributed by atoms with Gasteiger partial charge in [-0.3, -0.25) is 0 Å². The minimum absolute atomic E-state index is 0.281. The van der Waals surface area contributed by atoms with Crippen molar-refractivity contribution in [2.24, 2.45) is 21.1 Å². The highest BCUT2D eigenvalue weighted by Crippen LogP contribution is 2.43. The third kappa shape index (κ3) is 10.9. The van der Waals surface area contributed by atoms with Crippen LogP contribution in [0.2, 0.25) is 58.9 Å². The molecule has 0 radical (unpaired) electrons. The highest BCUT2D eigenvalue weighted by atomic mass is 28.3. The predicted octanol–water partition coefficient (Wildman–Crippen LogP) is 19.9. The Kier molecular flexibility index (Phi) is 15.6. The highest BCUT2D eigenvalue weighted by Gasteiger charge is 2.30. The van der Waals surface area contributed by atoms with Crippen molar-refractivity contribution >= 4 is 138 Å². The molecule has 10 heteroatoms. The number of hydrogen-bond donors (Lipinski definition) is 0. The second kappa shape index (κ2) is 23.0. The van der Waals surface area contributed by atoms with Gasteiger partial charge >= 0.3 is 0 Å². The molecule has 93 heavy (non-hydrogen) atoms. The van der Waals surface area contributed by atoms with Crippen LogP contribution in [0.4, 0.5) is 4.39 Å². The number of aromatic nitrogens is 3. The standard InChI is InChI=1S/C28H29FNOSi.C28H30NOSi.C27H28NOSi/c1-16-12-23-21-10-8-19(29)14-26(21)31-28(23)27(18(16)3)25-13-17(2)22-15-20(32(5,6)7)9-11-24(22)30(25)4;1-17-14-23-21-10-8-9-11-26(21)30-28(23)27(19(17)3)25-15-18(2)22-16-20(31(5,6)7)12-13-24(22)29(25)4;1-17-11-13-21-20-9-7-8-10-25(20)29-27(21)26(17)24-15-18(2)22-16-19(30(4,5)6)12-14-23(22)28(24)3/h8-15H,1-7H3;8-16H,1-7H3;7-16H,1-6H3/q3*+1. The molecule has 0 aliphatic heterocycles. The second-order valence-corrected chi connectivity index (χ2v) is 44.7. The minimum atomic E-state index is -1.40. The van der Waals surface area contributed by atoms with E-state index in [0.717, 1.165) is 49.9 Å². The quantitative estimate of drug-likeness (QED) is 0.123. The van der Waals surface area contributed by atoms with E-state index in [1.165, 1.54) is 149 Å². The fourth-order valence-electron chi connectivity index (χ4n) is 14.1. The van der Waals surface area contributed by atoms with Gasteiger partial charge in [-0.2, -0.15) is 13.7 Å². The van der Waals surface area contributed by atoms with Gasteiger partial charge in [-0.05, 0) is 154 Å². The zero-order chi connectivity index (χ0) is 66.2. The Labute approximate surface area is 549 Å². The van der Waals surface area contributed by atoms with Gasteiger partial charge in [0.2, 0.25) is 33.6 Å². The topological polar surface area (TPSA) is 51.1 Å². The van der Waals surface area contributed by atoms with Crippen molar-refractivity contribution in [1.29, 1.82) is 0 Å². The number of aryl methyl sites for hydroxylation is 9. The van der Waals surface area contributed by atoms with Crippen molar-refractivity contribution in [2.75, 3.05) is 0 Å². The van der Waals surface area contributed by atoms with Crippen LogP contribution in [0.3, 0.4) is 0 Å². The van der Waals surface area contributed by atoms with Gasteiger partial charge in [0.05, 0.1) is 40.9 Å². The summed E-state index contributed by atoms with van der Waals surface area (Å²) in [5.41, 5.74) is 26.0. The molecule has 0 amide bonds. The monoisotopic (exact) mass is 1280 g/mol. The third-order valence-electron chi connectivity index (χ3n) is 20.0. The summed E-state index contributed by atoms with van der Waals surface area (Å²) in [7, 11) is 2.36. The van der Waals surface area contributed by atoms with Crippen molar-refractivity contribution in [3.8, 4) is 33.8 Å². The van der Waals surface area contributed by atoms with Gasteiger partial charge in [0.25, 0.3) is 0 Å². The molecular weight excluding hydrogens is 1190 g/mol. The Hall–Kier alpha value is -8.81. The van der Waals surface area contributed by atoms with Crippen LogP contribution in [0.15, 0.2) is 177 Å². The average molecular weight is 1280 g/mol. The number of pyridine rings is 3. The number of benzene rings is 9. The van der Waals surface area contributed by atoms with Gasteiger partial charge in [0.1, 0.15) is 60.5 Å². The number of furan rings is 3. The number of para-hydroxylation sites is 2. The van der Waals surface area contributed by atoms with Gasteiger partial charge in [0.15, 0.2) is 0 Å². The normalized spacial score (nSPS) is 12.4. The van der Waals surface area contributed by atoms with E-state index < -0.39 is 24.2 Å². The first kappa shape index (κ1) is 63.0. The Morgan fingerprint density at radius 2 is 0.634 bits per heavy atom. The van der Waals surface area contributed by atoms with E-state index in [1.807, 2.05) is 18.2 Å². The third-order valence-corrected chi connectivity index (χ3v) is 26.2. The Bertz CT molecular complexity index is 5610. The van der Waals surface area contributed by atoms with Crippen molar-refractivity contribution in [1.82, 2.24) is 0 Å². The zero-order valence-corrected chi connectivity index (χ0v) is 61.0. The molecule has 0 N–H and O–H groups in total. The molecule has 0 atom stereocenters. The maximum Gasteiger partial charge on any atom is 0.217 e. The van der Waals surface area contributed by atoms with Crippen molar-refractivity contribution < 1.29 is 31.3 Å². The smallest absolute Gasteiger partial charge is 0.217 e. The molecule has 0 saturated heterocycles. The average Bonchev–Trinajstić information content (AvgIpc) is 1.72. The summed E-state index contributed by atoms with van der Waals surface area (Å²) < 4.78 is 39.9. The van der Waals surface area contributed by atoms with Crippen molar-refractivity contribution in [3.63, 3.8) is 0 Å². The van der Waals surface area contributed by atoms with Crippen LogP contribution in [0.5, 0.6) is 0 Å². The number of hydrogen-bond acceptors (Lipinski definition) is 3. The van der Waals surface area contributed by atoms with E-state index in [9.17, 15) is 4.39 Å². The molecule has 0 bridgehead atoms. The second-order valence-electron chi connectivity index (χ2n) is 29.5. The molecule has 0 fully saturated rings. The fourth-order valence-corrected chi connectivity index (χ4v) is 17.6. The first-order valence-corrected chi connectivity index (χ1v) is 43.3. The lowest BCUT2D eigenvalue weighted by molar-refractivity contribution is -0.633. The minimum Gasteiger partial charge on any atom is -0.455 e. The first-order valence-electron chi connectivity index (χ1n) is 32.8. The molecule has 0 spiro atoms. The summed E-state index contributed by atoms with van der Waals surface area (Å²) >= 11 is 0. The summed E-state index contributed by atoms with van der Waals surface area (Å²) in [5.74, 6) is -0.281. The Morgan fingerprint density at radius 1 is 0.290 bits per heavy atom. The maximum absolute atomic E-state index is 13.9. The van der Waals surface area contributed by atoms with Gasteiger partial charge in [0, 0.05) is 90.9 Å². The van der Waals surface area contributed by atoms with Gasteiger partial charge < -0.3 is 13.3 Å². The molecule has 15 aromatic rings. The lowest BCUT2D eigenvalue weighted by atomic mass is 9.95. The Balaban J connectivity index is 0.000000127. The molecule has 9 aromatic carbocycles. The number of rotatable bonds is 6. The fraction of sp³-hybridized carbons (Fsp3) is 0.241. The summed E-state index contributed by atoms with van der Waals surface area (Å²) in [6, 6.07) is 58.2. The maximum atomic E-state index is 13.9. The lowest BCUT2D eigenvalue weighted by Gasteiger charge is -2.18. The summed E-state index contributed by atoms with van der Waals surface area (Å²) in [6.45, 7) is 39.1. The summed E-state index contributed by atoms with van der Waals surface area (Å²) in [6.07, 6.45) is 0. The van der Waals surface area contributed by atoms with Crippen LogP contribution >= 0.6 is 0 Å². The van der Waals surface area contributed by atoms with Crippen LogP contribution in [0.1, 0.15) is 44.5 Å².